The van der Waals surface area contributed by atoms with Gasteiger partial charge >= 0.3 is 5.97 Å². The van der Waals surface area contributed by atoms with E-state index < -0.39 is 5.60 Å². The summed E-state index contributed by atoms with van der Waals surface area (Å²) in [5, 5.41) is 2.02. The van der Waals surface area contributed by atoms with Crippen LogP contribution in [0.15, 0.2) is 11.4 Å². The molecule has 0 radical (unpaired) electrons. The van der Waals surface area contributed by atoms with Crippen molar-refractivity contribution >= 4 is 23.2 Å². The van der Waals surface area contributed by atoms with Crippen LogP contribution in [0.3, 0.4) is 0 Å². The third kappa shape index (κ3) is 1.73. The second-order valence-corrected chi connectivity index (χ2v) is 5.91. The van der Waals surface area contributed by atoms with Crippen LogP contribution >= 0.6 is 11.3 Å². The lowest BCUT2D eigenvalue weighted by atomic mass is 9.82. The molecule has 0 atom stereocenters. The smallest absolute Gasteiger partial charge is 0.312 e. The number of carbonyl (C=O) groups is 2. The van der Waals surface area contributed by atoms with Gasteiger partial charge in [0, 0.05) is 43.3 Å². The molecule has 1 saturated heterocycles. The molecule has 1 fully saturated rings. The second kappa shape index (κ2) is 4.09. The van der Waals surface area contributed by atoms with Crippen molar-refractivity contribution < 1.29 is 14.3 Å². The van der Waals surface area contributed by atoms with Crippen molar-refractivity contribution in [3.05, 3.63) is 21.9 Å². The summed E-state index contributed by atoms with van der Waals surface area (Å²) < 4.78 is 5.66. The van der Waals surface area contributed by atoms with Gasteiger partial charge in [-0.15, -0.1) is 11.3 Å². The Morgan fingerprint density at radius 1 is 1.44 bits per heavy atom. The van der Waals surface area contributed by atoms with Crippen molar-refractivity contribution in [2.24, 2.45) is 0 Å². The molecule has 2 aliphatic rings. The van der Waals surface area contributed by atoms with Gasteiger partial charge in [0.25, 0.3) is 0 Å². The molecule has 0 saturated carbocycles. The predicted octanol–water partition coefficient (Wildman–Crippen LogP) is 1.69. The zero-order chi connectivity index (χ0) is 12.8. The van der Waals surface area contributed by atoms with Crippen molar-refractivity contribution in [2.45, 2.75) is 31.8 Å². The predicted molar refractivity (Wildman–Crippen MR) is 67.3 cm³/mol. The number of thiophene rings is 1. The Morgan fingerprint density at radius 2 is 2.17 bits per heavy atom. The number of hydrogen-bond acceptors (Lipinski definition) is 4. The maximum Gasteiger partial charge on any atom is 0.312 e. The average molecular weight is 265 g/mol. The summed E-state index contributed by atoms with van der Waals surface area (Å²) in [7, 11) is 0. The number of fused-ring (bicyclic) bond motifs is 2. The van der Waals surface area contributed by atoms with Crippen LogP contribution in [0.25, 0.3) is 0 Å². The van der Waals surface area contributed by atoms with E-state index in [1.807, 2.05) is 10.3 Å². The molecule has 2 aliphatic heterocycles. The normalized spacial score (nSPS) is 21.6. The van der Waals surface area contributed by atoms with Gasteiger partial charge in [-0.2, -0.15) is 0 Å². The van der Waals surface area contributed by atoms with Crippen molar-refractivity contribution in [1.29, 1.82) is 0 Å². The summed E-state index contributed by atoms with van der Waals surface area (Å²) in [5.74, 6) is -0.0428. The van der Waals surface area contributed by atoms with E-state index in [9.17, 15) is 9.59 Å². The molecule has 0 aliphatic carbocycles. The molecule has 3 rings (SSSR count). The minimum atomic E-state index is -0.476. The Bertz CT molecular complexity index is 500. The van der Waals surface area contributed by atoms with Gasteiger partial charge < -0.3 is 9.64 Å². The number of carbonyl (C=O) groups excluding carboxylic acids is 2. The number of rotatable bonds is 0. The standard InChI is InChI=1S/C13H15NO3S/c1-9(15)14-5-3-13(4-6-14)10-2-7-18-11(10)8-12(16)17-13/h2,7H,3-6,8H2,1H3. The van der Waals surface area contributed by atoms with Gasteiger partial charge in [-0.3, -0.25) is 9.59 Å². The van der Waals surface area contributed by atoms with Crippen molar-refractivity contribution in [2.75, 3.05) is 13.1 Å². The molecule has 5 heteroatoms. The van der Waals surface area contributed by atoms with Crippen LogP contribution in [0.4, 0.5) is 0 Å². The fraction of sp³-hybridized carbons (Fsp3) is 0.538. The molecule has 4 nitrogen and oxygen atoms in total. The molecule has 18 heavy (non-hydrogen) atoms. The molecular formula is C13H15NO3S. The van der Waals surface area contributed by atoms with E-state index in [2.05, 4.69) is 6.07 Å². The number of hydrogen-bond donors (Lipinski definition) is 0. The second-order valence-electron chi connectivity index (χ2n) is 4.91. The van der Waals surface area contributed by atoms with E-state index in [1.54, 1.807) is 18.3 Å². The van der Waals surface area contributed by atoms with Crippen LogP contribution in [0, 0.1) is 0 Å². The largest absolute Gasteiger partial charge is 0.454 e. The quantitative estimate of drug-likeness (QED) is 0.671. The first-order valence-electron chi connectivity index (χ1n) is 6.15. The summed E-state index contributed by atoms with van der Waals surface area (Å²) in [5.41, 5.74) is 0.687. The Labute approximate surface area is 110 Å². The van der Waals surface area contributed by atoms with Gasteiger partial charge in [-0.05, 0) is 11.4 Å². The van der Waals surface area contributed by atoms with Gasteiger partial charge in [-0.25, -0.2) is 0 Å². The van der Waals surface area contributed by atoms with Crippen LogP contribution < -0.4 is 0 Å². The zero-order valence-electron chi connectivity index (χ0n) is 10.3. The first-order valence-corrected chi connectivity index (χ1v) is 7.03. The lowest BCUT2D eigenvalue weighted by Gasteiger charge is -2.43. The highest BCUT2D eigenvalue weighted by Crippen LogP contribution is 2.43. The SMILES string of the molecule is CC(=O)N1CCC2(CC1)OC(=O)Cc1sccc12. The molecule has 96 valence electrons. The highest BCUT2D eigenvalue weighted by molar-refractivity contribution is 7.10. The van der Waals surface area contributed by atoms with E-state index in [1.165, 1.54) is 0 Å². The van der Waals surface area contributed by atoms with Crippen molar-refractivity contribution in [3.63, 3.8) is 0 Å². The number of ether oxygens (including phenoxy) is 1. The van der Waals surface area contributed by atoms with E-state index in [-0.39, 0.29) is 11.9 Å². The molecule has 0 N–H and O–H groups in total. The molecule has 0 aromatic carbocycles. The third-order valence-electron chi connectivity index (χ3n) is 3.87. The lowest BCUT2D eigenvalue weighted by molar-refractivity contribution is -0.169. The van der Waals surface area contributed by atoms with Crippen LogP contribution in [0.2, 0.25) is 0 Å². The maximum absolute atomic E-state index is 11.7. The van der Waals surface area contributed by atoms with E-state index in [0.717, 1.165) is 10.4 Å². The minimum Gasteiger partial charge on any atom is -0.454 e. The number of likely N-dealkylation sites (tertiary alicyclic amines) is 1. The molecule has 1 aromatic rings. The Hall–Kier alpha value is -1.36. The highest BCUT2D eigenvalue weighted by Gasteiger charge is 2.45. The van der Waals surface area contributed by atoms with Crippen LogP contribution in [-0.4, -0.2) is 29.9 Å². The maximum atomic E-state index is 11.7. The number of esters is 1. The summed E-state index contributed by atoms with van der Waals surface area (Å²) in [6, 6.07) is 2.07. The summed E-state index contributed by atoms with van der Waals surface area (Å²) in [6.07, 6.45) is 1.81. The van der Waals surface area contributed by atoms with Crippen LogP contribution in [0.1, 0.15) is 30.2 Å². The topological polar surface area (TPSA) is 46.6 Å². The molecule has 1 spiro atoms. The van der Waals surface area contributed by atoms with E-state index in [0.29, 0.717) is 32.4 Å². The molecule has 0 bridgehead atoms. The van der Waals surface area contributed by atoms with Crippen LogP contribution in [-0.2, 0) is 26.3 Å². The van der Waals surface area contributed by atoms with Gasteiger partial charge in [0.1, 0.15) is 5.60 Å². The van der Waals surface area contributed by atoms with E-state index >= 15 is 0 Å². The number of amides is 1. The van der Waals surface area contributed by atoms with Crippen LogP contribution in [0.5, 0.6) is 0 Å². The lowest BCUT2D eigenvalue weighted by Crippen LogP contribution is -2.48. The van der Waals surface area contributed by atoms with Crippen molar-refractivity contribution in [3.8, 4) is 0 Å². The van der Waals surface area contributed by atoms with E-state index in [4.69, 9.17) is 4.74 Å². The third-order valence-corrected chi connectivity index (χ3v) is 4.79. The monoisotopic (exact) mass is 265 g/mol. The van der Waals surface area contributed by atoms with Gasteiger partial charge in [0.15, 0.2) is 0 Å². The minimum absolute atomic E-state index is 0.0949. The molecule has 1 aromatic heterocycles. The fourth-order valence-electron chi connectivity index (χ4n) is 2.88. The number of nitrogens with zero attached hydrogens (tertiary/aromatic N) is 1. The fourth-order valence-corrected chi connectivity index (χ4v) is 3.83. The first-order chi connectivity index (χ1) is 8.61. The summed E-state index contributed by atoms with van der Waals surface area (Å²) in [6.45, 7) is 2.91. The van der Waals surface area contributed by atoms with Crippen molar-refractivity contribution in [1.82, 2.24) is 4.90 Å². The Morgan fingerprint density at radius 3 is 2.83 bits per heavy atom. The molecule has 0 unspecified atom stereocenters. The zero-order valence-corrected chi connectivity index (χ0v) is 11.1. The van der Waals surface area contributed by atoms with Gasteiger partial charge in [-0.1, -0.05) is 0 Å². The van der Waals surface area contributed by atoms with Gasteiger partial charge in [0.2, 0.25) is 5.91 Å². The Balaban J connectivity index is 1.89. The highest BCUT2D eigenvalue weighted by atomic mass is 32.1. The average Bonchev–Trinajstić information content (AvgIpc) is 2.78. The molecular weight excluding hydrogens is 250 g/mol. The molecule has 3 heterocycles. The summed E-state index contributed by atoms with van der Waals surface area (Å²) in [4.78, 5) is 26.0. The first kappa shape index (κ1) is 11.7. The molecule has 1 amide bonds. The Kier molecular flexibility index (Phi) is 2.66. The summed E-state index contributed by atoms with van der Waals surface area (Å²) >= 11 is 1.62. The van der Waals surface area contributed by atoms with Gasteiger partial charge in [0.05, 0.1) is 6.42 Å². The number of piperidine rings is 1.